The lowest BCUT2D eigenvalue weighted by Crippen LogP contribution is -2.42. The number of nitrogens with one attached hydrogen (secondary N) is 2. The molecule has 0 unspecified atom stereocenters. The van der Waals surface area contributed by atoms with Crippen LogP contribution in [0, 0.1) is 0 Å². The Kier molecular flexibility index (Phi) is 4.52. The molecule has 4 aromatic rings. The molecule has 3 aromatic heterocycles. The minimum absolute atomic E-state index is 0.0622. The maximum Gasteiger partial charge on any atom is 0.323 e. The first-order valence-electron chi connectivity index (χ1n) is 12.6. The van der Waals surface area contributed by atoms with Crippen molar-refractivity contribution in [3.8, 4) is 6.01 Å². The summed E-state index contributed by atoms with van der Waals surface area (Å²) in [6.45, 7) is 4.83. The molecule has 3 aliphatic rings. The number of nitrogens with zero attached hydrogens (tertiary/aromatic N) is 5. The molecule has 0 atom stereocenters. The van der Waals surface area contributed by atoms with Crippen molar-refractivity contribution in [2.24, 2.45) is 0 Å². The molecular weight excluding hydrogens is 461 g/mol. The van der Waals surface area contributed by atoms with Crippen LogP contribution in [-0.2, 0) is 17.4 Å². The second-order valence-corrected chi connectivity index (χ2v) is 10.9. The van der Waals surface area contributed by atoms with Gasteiger partial charge in [0.2, 0.25) is 5.95 Å². The van der Waals surface area contributed by atoms with Gasteiger partial charge in [0, 0.05) is 22.8 Å². The molecule has 0 radical (unpaired) electrons. The van der Waals surface area contributed by atoms with Gasteiger partial charge in [-0.25, -0.2) is 9.67 Å². The molecule has 186 valence electrons. The molecular formula is C26H28FN7O2. The van der Waals surface area contributed by atoms with Gasteiger partial charge in [0.25, 0.3) is 5.56 Å². The third-order valence-electron chi connectivity index (χ3n) is 7.84. The van der Waals surface area contributed by atoms with E-state index in [2.05, 4.69) is 46.6 Å². The lowest BCUT2D eigenvalue weighted by molar-refractivity contribution is 0.382. The Labute approximate surface area is 206 Å². The molecule has 1 aliphatic heterocycles. The van der Waals surface area contributed by atoms with E-state index in [9.17, 15) is 9.18 Å². The van der Waals surface area contributed by atoms with Crippen LogP contribution >= 0.6 is 0 Å². The minimum atomic E-state index is -0.548. The van der Waals surface area contributed by atoms with Crippen molar-refractivity contribution in [3.05, 3.63) is 57.8 Å². The van der Waals surface area contributed by atoms with Crippen molar-refractivity contribution in [2.75, 3.05) is 18.5 Å². The largest absolute Gasteiger partial charge is 0.430 e. The van der Waals surface area contributed by atoms with E-state index in [0.29, 0.717) is 22.7 Å². The van der Waals surface area contributed by atoms with Crippen LogP contribution < -0.4 is 16.2 Å². The highest BCUT2D eigenvalue weighted by atomic mass is 19.1. The number of fused-ring (bicyclic) bond motifs is 2. The van der Waals surface area contributed by atoms with Crippen LogP contribution in [-0.4, -0.2) is 37.5 Å². The van der Waals surface area contributed by atoms with Crippen LogP contribution in [0.4, 0.5) is 16.0 Å². The van der Waals surface area contributed by atoms with Crippen LogP contribution in [0.5, 0.6) is 0 Å². The molecule has 2 fully saturated rings. The fraction of sp³-hybridized carbons (Fsp3) is 0.462. The molecule has 36 heavy (non-hydrogen) atoms. The summed E-state index contributed by atoms with van der Waals surface area (Å²) in [6, 6.07) is 6.59. The second kappa shape index (κ2) is 7.49. The summed E-state index contributed by atoms with van der Waals surface area (Å²) in [5, 5.41) is 7.26. The van der Waals surface area contributed by atoms with Crippen molar-refractivity contribution >= 4 is 22.7 Å². The van der Waals surface area contributed by atoms with Crippen LogP contribution in [0.25, 0.3) is 17.0 Å². The summed E-state index contributed by atoms with van der Waals surface area (Å²) >= 11 is 0. The number of anilines is 2. The van der Waals surface area contributed by atoms with Gasteiger partial charge in [0.1, 0.15) is 18.3 Å². The molecule has 9 nitrogen and oxygen atoms in total. The SMILES string of the molecule is CC1(C)NCCc2cc(Nc3ncc4c(=O)n(C5CC5)n(-c5nc(C6(CF)CC6)co5)c4n3)ccc21. The summed E-state index contributed by atoms with van der Waals surface area (Å²) in [4.78, 5) is 27.0. The molecule has 0 amide bonds. The van der Waals surface area contributed by atoms with E-state index in [4.69, 9.17) is 9.40 Å². The smallest absolute Gasteiger partial charge is 0.323 e. The maximum absolute atomic E-state index is 13.6. The molecule has 2 aliphatic carbocycles. The fourth-order valence-electron chi connectivity index (χ4n) is 5.33. The predicted octanol–water partition coefficient (Wildman–Crippen LogP) is 4.03. The number of hydrogen-bond donors (Lipinski definition) is 2. The topological polar surface area (TPSA) is 103 Å². The molecule has 0 spiro atoms. The van der Waals surface area contributed by atoms with E-state index in [1.165, 1.54) is 17.4 Å². The van der Waals surface area contributed by atoms with Crippen LogP contribution in [0.3, 0.4) is 0 Å². The van der Waals surface area contributed by atoms with E-state index < -0.39 is 12.1 Å². The molecule has 7 rings (SSSR count). The average molecular weight is 490 g/mol. The summed E-state index contributed by atoms with van der Waals surface area (Å²) < 4.78 is 22.7. The predicted molar refractivity (Wildman–Crippen MR) is 133 cm³/mol. The van der Waals surface area contributed by atoms with Crippen molar-refractivity contribution in [1.82, 2.24) is 29.6 Å². The van der Waals surface area contributed by atoms with Crippen molar-refractivity contribution in [1.29, 1.82) is 0 Å². The van der Waals surface area contributed by atoms with Gasteiger partial charge in [-0.15, -0.1) is 0 Å². The second-order valence-electron chi connectivity index (χ2n) is 10.9. The molecule has 2 N–H and O–H groups in total. The van der Waals surface area contributed by atoms with Gasteiger partial charge in [-0.3, -0.25) is 9.18 Å². The molecule has 10 heteroatoms. The summed E-state index contributed by atoms with van der Waals surface area (Å²) in [5.74, 6) is 0.381. The van der Waals surface area contributed by atoms with Gasteiger partial charge in [0.15, 0.2) is 5.65 Å². The van der Waals surface area contributed by atoms with Crippen LogP contribution in [0.15, 0.2) is 39.9 Å². The highest BCUT2D eigenvalue weighted by Crippen LogP contribution is 2.48. The molecule has 1 aromatic carbocycles. The number of oxazole rings is 1. The quantitative estimate of drug-likeness (QED) is 0.422. The third kappa shape index (κ3) is 3.31. The number of benzene rings is 1. The fourth-order valence-corrected chi connectivity index (χ4v) is 5.33. The monoisotopic (exact) mass is 489 g/mol. The number of hydrogen-bond acceptors (Lipinski definition) is 7. The van der Waals surface area contributed by atoms with Crippen LogP contribution in [0.2, 0.25) is 0 Å². The van der Waals surface area contributed by atoms with Crippen molar-refractivity contribution < 1.29 is 8.81 Å². The zero-order chi connectivity index (χ0) is 24.7. The Balaban J connectivity index is 1.30. The van der Waals surface area contributed by atoms with E-state index in [1.54, 1.807) is 15.6 Å². The van der Waals surface area contributed by atoms with Gasteiger partial charge in [-0.1, -0.05) is 6.07 Å². The lowest BCUT2D eigenvalue weighted by atomic mass is 9.85. The first-order valence-corrected chi connectivity index (χ1v) is 12.6. The molecule has 4 heterocycles. The normalized spacial score (nSPS) is 19.9. The summed E-state index contributed by atoms with van der Waals surface area (Å²) in [6.07, 6.45) is 7.32. The number of alkyl halides is 1. The summed E-state index contributed by atoms with van der Waals surface area (Å²) in [5.41, 5.74) is 3.68. The molecule has 0 bridgehead atoms. The van der Waals surface area contributed by atoms with Crippen molar-refractivity contribution in [2.45, 2.75) is 62.9 Å². The van der Waals surface area contributed by atoms with Gasteiger partial charge in [-0.2, -0.15) is 14.6 Å². The Morgan fingerprint density at radius 3 is 2.83 bits per heavy atom. The Morgan fingerprint density at radius 1 is 1.25 bits per heavy atom. The highest BCUT2D eigenvalue weighted by Gasteiger charge is 2.47. The Bertz CT molecular complexity index is 1560. The zero-order valence-corrected chi connectivity index (χ0v) is 20.3. The number of rotatable bonds is 6. The Morgan fingerprint density at radius 2 is 2.08 bits per heavy atom. The van der Waals surface area contributed by atoms with Crippen LogP contribution in [0.1, 0.15) is 62.4 Å². The third-order valence-corrected chi connectivity index (χ3v) is 7.84. The average Bonchev–Trinajstić information content (AvgIpc) is 3.79. The van der Waals surface area contributed by atoms with E-state index >= 15 is 0 Å². The Hall–Kier alpha value is -3.53. The van der Waals surface area contributed by atoms with Gasteiger partial charge in [0.05, 0.1) is 11.7 Å². The zero-order valence-electron chi connectivity index (χ0n) is 20.3. The van der Waals surface area contributed by atoms with E-state index in [0.717, 1.165) is 44.3 Å². The van der Waals surface area contributed by atoms with Gasteiger partial charge in [-0.05, 0) is 75.8 Å². The molecule has 0 saturated heterocycles. The number of aromatic nitrogens is 5. The van der Waals surface area contributed by atoms with E-state index in [1.807, 2.05) is 6.07 Å². The standard InChI is InChI=1S/C26H28FN7O2/c1-25(2)19-6-3-16(11-15(19)7-10-29-25)30-23-28-12-18-21(32-23)34(33(22(18)35)17-4-5-17)24-31-20(13-36-24)26(14-27)8-9-26/h3,6,11-13,17,29H,4-5,7-10,14H2,1-2H3,(H,28,30,32). The van der Waals surface area contributed by atoms with E-state index in [-0.39, 0.29) is 23.2 Å². The first kappa shape index (κ1) is 21.7. The van der Waals surface area contributed by atoms with Gasteiger partial charge < -0.3 is 15.1 Å². The minimum Gasteiger partial charge on any atom is -0.430 e. The molecule has 2 saturated carbocycles. The lowest BCUT2D eigenvalue weighted by Gasteiger charge is -2.34. The number of halogens is 1. The highest BCUT2D eigenvalue weighted by molar-refractivity contribution is 5.76. The summed E-state index contributed by atoms with van der Waals surface area (Å²) in [7, 11) is 0. The first-order chi connectivity index (χ1) is 17.4. The van der Waals surface area contributed by atoms with Gasteiger partial charge >= 0.3 is 6.01 Å². The van der Waals surface area contributed by atoms with Crippen molar-refractivity contribution in [3.63, 3.8) is 0 Å². The maximum atomic E-state index is 13.6.